The average Bonchev–Trinajstić information content (AvgIpc) is 2.13. The number of rotatable bonds is 3. The van der Waals surface area contributed by atoms with Gasteiger partial charge in [-0.2, -0.15) is 0 Å². The van der Waals surface area contributed by atoms with Crippen LogP contribution in [0.1, 0.15) is 62.3 Å². The van der Waals surface area contributed by atoms with E-state index in [4.69, 9.17) is 0 Å². The predicted molar refractivity (Wildman–Crippen MR) is 79.1 cm³/mol. The Hall–Kier alpha value is -0.925. The molecule has 0 saturated carbocycles. The van der Waals surface area contributed by atoms with Gasteiger partial charge < -0.3 is 14.4 Å². The molecule has 0 heterocycles. The number of hydrogen-bond acceptors (Lipinski definition) is 3. The molecule has 4 heteroatoms. The van der Waals surface area contributed by atoms with E-state index in [1.165, 1.54) is 0 Å². The lowest BCUT2D eigenvalue weighted by Gasteiger charge is -2.29. The van der Waals surface area contributed by atoms with E-state index in [-0.39, 0.29) is 17.0 Å². The summed E-state index contributed by atoms with van der Waals surface area (Å²) in [5, 5.41) is 0. The van der Waals surface area contributed by atoms with Crippen molar-refractivity contribution >= 4 is 23.8 Å². The zero-order valence-electron chi connectivity index (χ0n) is 13.8. The zero-order valence-corrected chi connectivity index (χ0v) is 13.8. The molecule has 0 aromatic carbocycles. The standard InChI is InChI=1S/C15H27BO3/c1-13(2,3)10(17)16(11(18)14(4,5)6)12(19)15(7,8)9/h1-9H3. The van der Waals surface area contributed by atoms with Gasteiger partial charge >= 0.3 is 6.71 Å². The molecule has 0 amide bonds. The fourth-order valence-electron chi connectivity index (χ4n) is 1.66. The monoisotopic (exact) mass is 266 g/mol. The second kappa shape index (κ2) is 5.22. The van der Waals surface area contributed by atoms with E-state index in [9.17, 15) is 14.4 Å². The van der Waals surface area contributed by atoms with Crippen LogP contribution in [0.2, 0.25) is 0 Å². The highest BCUT2D eigenvalue weighted by Crippen LogP contribution is 2.27. The van der Waals surface area contributed by atoms with Gasteiger partial charge in [0.15, 0.2) is 0 Å². The van der Waals surface area contributed by atoms with Crippen LogP contribution in [0.15, 0.2) is 0 Å². The molecule has 0 rings (SSSR count). The summed E-state index contributed by atoms with van der Waals surface area (Å²) in [4.78, 5) is 37.5. The van der Waals surface area contributed by atoms with E-state index in [0.29, 0.717) is 0 Å². The van der Waals surface area contributed by atoms with Crippen molar-refractivity contribution in [2.45, 2.75) is 62.3 Å². The van der Waals surface area contributed by atoms with Gasteiger partial charge in [0.1, 0.15) is 17.0 Å². The first-order valence-electron chi connectivity index (χ1n) is 6.73. The molecule has 0 radical (unpaired) electrons. The third kappa shape index (κ3) is 4.59. The fraction of sp³-hybridized carbons (Fsp3) is 0.800. The molecule has 0 aromatic heterocycles. The Kier molecular flexibility index (Phi) is 4.97. The van der Waals surface area contributed by atoms with Crippen LogP contribution in [0.25, 0.3) is 0 Å². The lowest BCUT2D eigenvalue weighted by molar-refractivity contribution is -0.126. The highest BCUT2D eigenvalue weighted by atomic mass is 16.2. The van der Waals surface area contributed by atoms with Gasteiger partial charge in [-0.3, -0.25) is 0 Å². The first-order valence-corrected chi connectivity index (χ1v) is 6.73. The second-order valence-electron chi connectivity index (χ2n) is 8.28. The average molecular weight is 266 g/mol. The number of carbonyl (C=O) groups is 3. The van der Waals surface area contributed by atoms with Gasteiger partial charge in [0, 0.05) is 16.2 Å². The van der Waals surface area contributed by atoms with Crippen molar-refractivity contribution < 1.29 is 14.4 Å². The predicted octanol–water partition coefficient (Wildman–Crippen LogP) is 2.94. The summed E-state index contributed by atoms with van der Waals surface area (Å²) in [6.07, 6.45) is 0. The van der Waals surface area contributed by atoms with E-state index in [1.807, 2.05) is 0 Å². The normalized spacial score (nSPS) is 13.1. The minimum Gasteiger partial charge on any atom is -0.309 e. The number of carbonyl (C=O) groups excluding carboxylic acids is 3. The van der Waals surface area contributed by atoms with E-state index in [0.717, 1.165) is 0 Å². The molecule has 0 atom stereocenters. The second-order valence-corrected chi connectivity index (χ2v) is 8.28. The Balaban J connectivity index is 5.74. The van der Waals surface area contributed by atoms with Gasteiger partial charge in [0.2, 0.25) is 0 Å². The molecular formula is C15H27BO3. The molecule has 0 N–H and O–H groups in total. The van der Waals surface area contributed by atoms with Crippen molar-refractivity contribution in [3.8, 4) is 0 Å². The van der Waals surface area contributed by atoms with Gasteiger partial charge in [-0.1, -0.05) is 62.3 Å². The van der Waals surface area contributed by atoms with Crippen molar-refractivity contribution in [1.29, 1.82) is 0 Å². The lowest BCUT2D eigenvalue weighted by Crippen LogP contribution is -2.56. The molecular weight excluding hydrogens is 239 g/mol. The van der Waals surface area contributed by atoms with Crippen LogP contribution in [-0.4, -0.2) is 23.8 Å². The fourth-order valence-corrected chi connectivity index (χ4v) is 1.66. The Bertz CT molecular complexity index is 327. The van der Waals surface area contributed by atoms with Crippen LogP contribution >= 0.6 is 0 Å². The molecule has 0 bridgehead atoms. The maximum Gasteiger partial charge on any atom is 0.378 e. The molecule has 108 valence electrons. The van der Waals surface area contributed by atoms with Gasteiger partial charge in [0.05, 0.1) is 0 Å². The Morgan fingerprint density at radius 1 is 0.526 bits per heavy atom. The molecule has 0 aliphatic carbocycles. The van der Waals surface area contributed by atoms with E-state index in [1.54, 1.807) is 62.3 Å². The van der Waals surface area contributed by atoms with Gasteiger partial charge in [-0.15, -0.1) is 0 Å². The molecule has 0 aliphatic rings. The van der Waals surface area contributed by atoms with Crippen molar-refractivity contribution in [2.24, 2.45) is 16.2 Å². The summed E-state index contributed by atoms with van der Waals surface area (Å²) in [5.41, 5.74) is -2.96. The van der Waals surface area contributed by atoms with Crippen LogP contribution in [0.4, 0.5) is 0 Å². The molecule has 0 aliphatic heterocycles. The van der Waals surface area contributed by atoms with Gasteiger partial charge in [0.25, 0.3) is 0 Å². The van der Waals surface area contributed by atoms with Crippen molar-refractivity contribution in [3.05, 3.63) is 0 Å². The van der Waals surface area contributed by atoms with Crippen LogP contribution < -0.4 is 0 Å². The largest absolute Gasteiger partial charge is 0.378 e. The molecule has 0 saturated heterocycles. The smallest absolute Gasteiger partial charge is 0.309 e. The highest BCUT2D eigenvalue weighted by molar-refractivity contribution is 7.28. The minimum atomic E-state index is -1.15. The van der Waals surface area contributed by atoms with Gasteiger partial charge in [-0.25, -0.2) is 0 Å². The zero-order chi connectivity index (χ0) is 15.8. The maximum absolute atomic E-state index is 12.5. The van der Waals surface area contributed by atoms with Crippen LogP contribution in [0.3, 0.4) is 0 Å². The molecule has 0 spiro atoms. The van der Waals surface area contributed by atoms with Crippen LogP contribution in [0, 0.1) is 16.2 Å². The summed E-state index contributed by atoms with van der Waals surface area (Å²) < 4.78 is 0. The summed E-state index contributed by atoms with van der Waals surface area (Å²) in [6.45, 7) is 14.5. The van der Waals surface area contributed by atoms with Crippen LogP contribution in [0.5, 0.6) is 0 Å². The lowest BCUT2D eigenvalue weighted by atomic mass is 9.31. The van der Waals surface area contributed by atoms with Gasteiger partial charge in [-0.05, 0) is 0 Å². The summed E-state index contributed by atoms with van der Waals surface area (Å²) in [6, 6.07) is 0. The third-order valence-electron chi connectivity index (χ3n) is 3.00. The SMILES string of the molecule is CC(C)(C)C(=O)B(C(=O)C(C)(C)C)C(=O)C(C)(C)C. The maximum atomic E-state index is 12.5. The van der Waals surface area contributed by atoms with E-state index >= 15 is 0 Å². The van der Waals surface area contributed by atoms with E-state index < -0.39 is 23.0 Å². The minimum absolute atomic E-state index is 0.285. The third-order valence-corrected chi connectivity index (χ3v) is 3.00. The molecule has 3 nitrogen and oxygen atoms in total. The first-order chi connectivity index (χ1) is 8.10. The van der Waals surface area contributed by atoms with Crippen molar-refractivity contribution in [3.63, 3.8) is 0 Å². The summed E-state index contributed by atoms with van der Waals surface area (Å²) in [5.74, 6) is 0. The number of hydrogen-bond donors (Lipinski definition) is 0. The molecule has 0 aromatic rings. The first kappa shape index (κ1) is 18.1. The Labute approximate surface area is 117 Å². The quantitative estimate of drug-likeness (QED) is 0.738. The van der Waals surface area contributed by atoms with E-state index in [2.05, 4.69) is 0 Å². The van der Waals surface area contributed by atoms with Crippen LogP contribution in [-0.2, 0) is 14.4 Å². The molecule has 19 heavy (non-hydrogen) atoms. The Morgan fingerprint density at radius 2 is 0.684 bits per heavy atom. The molecule has 0 fully saturated rings. The summed E-state index contributed by atoms with van der Waals surface area (Å²) >= 11 is 0. The topological polar surface area (TPSA) is 51.2 Å². The van der Waals surface area contributed by atoms with Crippen molar-refractivity contribution in [2.75, 3.05) is 0 Å². The summed E-state index contributed by atoms with van der Waals surface area (Å²) in [7, 11) is 0. The highest BCUT2D eigenvalue weighted by Gasteiger charge is 2.50. The Morgan fingerprint density at radius 3 is 0.789 bits per heavy atom. The molecule has 0 unspecified atom stereocenters. The van der Waals surface area contributed by atoms with Crippen molar-refractivity contribution in [1.82, 2.24) is 0 Å².